The average Bonchev–Trinajstić information content (AvgIpc) is 2.96. The van der Waals surface area contributed by atoms with Crippen molar-refractivity contribution in [3.8, 4) is 5.75 Å². The Balaban J connectivity index is 1.82. The van der Waals surface area contributed by atoms with Gasteiger partial charge in [0.05, 0.1) is 17.7 Å². The van der Waals surface area contributed by atoms with Gasteiger partial charge < -0.3 is 4.74 Å². The lowest BCUT2D eigenvalue weighted by molar-refractivity contribution is -0.113. The Labute approximate surface area is 155 Å². The number of thioether (sulfide) groups is 1. The Morgan fingerprint density at radius 2 is 1.65 bits per heavy atom. The predicted molar refractivity (Wildman–Crippen MR) is 105 cm³/mol. The van der Waals surface area contributed by atoms with Gasteiger partial charge in [0.2, 0.25) is 0 Å². The number of fused-ring (bicyclic) bond motifs is 1. The lowest BCUT2D eigenvalue weighted by Crippen LogP contribution is -2.27. The third kappa shape index (κ3) is 2.76. The molecule has 4 nitrogen and oxygen atoms in total. The highest BCUT2D eigenvalue weighted by Gasteiger charge is 2.36. The van der Waals surface area contributed by atoms with E-state index in [1.807, 2.05) is 42.5 Å². The van der Waals surface area contributed by atoms with Gasteiger partial charge in [-0.25, -0.2) is 4.90 Å². The van der Waals surface area contributed by atoms with Crippen molar-refractivity contribution in [2.24, 2.45) is 0 Å². The van der Waals surface area contributed by atoms with Gasteiger partial charge in [-0.05, 0) is 46.8 Å². The van der Waals surface area contributed by atoms with Crippen LogP contribution in [0.1, 0.15) is 5.56 Å². The van der Waals surface area contributed by atoms with Gasteiger partial charge in [-0.3, -0.25) is 9.59 Å². The second-order valence-electron chi connectivity index (χ2n) is 5.76. The van der Waals surface area contributed by atoms with E-state index >= 15 is 0 Å². The number of imide groups is 1. The van der Waals surface area contributed by atoms with Crippen LogP contribution in [0.5, 0.6) is 5.75 Å². The first-order valence-electron chi connectivity index (χ1n) is 8.08. The number of nitrogens with zero attached hydrogens (tertiary/aromatic N) is 1. The number of anilines is 1. The van der Waals surface area contributed by atoms with E-state index in [0.29, 0.717) is 16.3 Å². The van der Waals surface area contributed by atoms with Crippen molar-refractivity contribution >= 4 is 45.4 Å². The van der Waals surface area contributed by atoms with Crippen molar-refractivity contribution in [1.29, 1.82) is 0 Å². The molecule has 0 aromatic heterocycles. The molecule has 0 atom stereocenters. The maximum absolute atomic E-state index is 12.8. The monoisotopic (exact) mass is 361 g/mol. The molecule has 2 amide bonds. The van der Waals surface area contributed by atoms with Crippen LogP contribution in [0.4, 0.5) is 10.5 Å². The van der Waals surface area contributed by atoms with Crippen LogP contribution in [0.2, 0.25) is 0 Å². The summed E-state index contributed by atoms with van der Waals surface area (Å²) in [5, 5.41) is 1.71. The van der Waals surface area contributed by atoms with Crippen molar-refractivity contribution < 1.29 is 14.3 Å². The number of carbonyl (C=O) groups is 2. The minimum absolute atomic E-state index is 0.299. The number of para-hydroxylation sites is 1. The van der Waals surface area contributed by atoms with E-state index in [9.17, 15) is 9.59 Å². The molecule has 1 heterocycles. The van der Waals surface area contributed by atoms with Crippen LogP contribution in [-0.2, 0) is 4.79 Å². The fourth-order valence-electron chi connectivity index (χ4n) is 3.00. The predicted octanol–water partition coefficient (Wildman–Crippen LogP) is 5.09. The van der Waals surface area contributed by atoms with Crippen LogP contribution in [0.3, 0.4) is 0 Å². The third-order valence-corrected chi connectivity index (χ3v) is 5.10. The van der Waals surface area contributed by atoms with Gasteiger partial charge in [-0.2, -0.15) is 0 Å². The van der Waals surface area contributed by atoms with E-state index in [1.165, 1.54) is 4.90 Å². The quantitative estimate of drug-likeness (QED) is 0.610. The van der Waals surface area contributed by atoms with E-state index in [0.717, 1.165) is 28.1 Å². The van der Waals surface area contributed by atoms with Crippen LogP contribution in [0.25, 0.3) is 16.8 Å². The first-order chi connectivity index (χ1) is 12.7. The minimum atomic E-state index is -0.318. The molecule has 0 saturated carbocycles. The molecular weight excluding hydrogens is 346 g/mol. The van der Waals surface area contributed by atoms with Crippen LogP contribution in [0, 0.1) is 0 Å². The summed E-state index contributed by atoms with van der Waals surface area (Å²) >= 11 is 0.942. The molecule has 1 aliphatic heterocycles. The number of benzene rings is 3. The number of amides is 2. The average molecular weight is 361 g/mol. The summed E-state index contributed by atoms with van der Waals surface area (Å²) in [5.41, 5.74) is 1.37. The van der Waals surface area contributed by atoms with Crippen molar-refractivity contribution in [3.63, 3.8) is 0 Å². The highest BCUT2D eigenvalue weighted by Crippen LogP contribution is 2.38. The molecule has 0 N–H and O–H groups in total. The van der Waals surface area contributed by atoms with Crippen LogP contribution < -0.4 is 9.64 Å². The van der Waals surface area contributed by atoms with Gasteiger partial charge in [0.15, 0.2) is 0 Å². The van der Waals surface area contributed by atoms with Gasteiger partial charge in [-0.1, -0.05) is 48.5 Å². The number of hydrogen-bond acceptors (Lipinski definition) is 4. The maximum atomic E-state index is 12.8. The lowest BCUT2D eigenvalue weighted by Gasteiger charge is -2.12. The van der Waals surface area contributed by atoms with Crippen molar-refractivity contribution in [3.05, 3.63) is 77.2 Å². The highest BCUT2D eigenvalue weighted by atomic mass is 32.2. The number of methoxy groups -OCH3 is 1. The largest absolute Gasteiger partial charge is 0.496 e. The molecule has 0 unspecified atom stereocenters. The second kappa shape index (κ2) is 6.69. The molecule has 0 radical (unpaired) electrons. The van der Waals surface area contributed by atoms with Gasteiger partial charge in [-0.15, -0.1) is 0 Å². The molecule has 1 saturated heterocycles. The fourth-order valence-corrected chi connectivity index (χ4v) is 3.82. The van der Waals surface area contributed by atoms with Gasteiger partial charge in [0, 0.05) is 5.56 Å². The van der Waals surface area contributed by atoms with Gasteiger partial charge in [0.1, 0.15) is 5.75 Å². The Morgan fingerprint density at radius 3 is 2.42 bits per heavy atom. The van der Waals surface area contributed by atoms with E-state index in [4.69, 9.17) is 4.74 Å². The van der Waals surface area contributed by atoms with E-state index in [1.54, 1.807) is 37.5 Å². The number of hydrogen-bond donors (Lipinski definition) is 0. The van der Waals surface area contributed by atoms with Crippen molar-refractivity contribution in [1.82, 2.24) is 0 Å². The maximum Gasteiger partial charge on any atom is 0.298 e. The molecule has 0 spiro atoms. The highest BCUT2D eigenvalue weighted by molar-refractivity contribution is 8.19. The van der Waals surface area contributed by atoms with Crippen LogP contribution in [0.15, 0.2) is 71.6 Å². The first kappa shape index (κ1) is 16.4. The normalized spacial score (nSPS) is 15.9. The zero-order chi connectivity index (χ0) is 18.1. The minimum Gasteiger partial charge on any atom is -0.496 e. The lowest BCUT2D eigenvalue weighted by atomic mass is 10.0. The zero-order valence-electron chi connectivity index (χ0n) is 14.0. The van der Waals surface area contributed by atoms with Gasteiger partial charge >= 0.3 is 0 Å². The number of carbonyl (C=O) groups excluding carboxylic acids is 2. The standard InChI is InChI=1S/C21H15NO3S/c1-25-18-12-11-14-7-5-6-10-16(14)17(18)13-19-20(23)22(21(24)26-19)15-8-3-2-4-9-15/h2-13H,1H3. The fraction of sp³-hybridized carbons (Fsp3) is 0.0476. The molecular formula is C21H15NO3S. The van der Waals surface area contributed by atoms with E-state index < -0.39 is 0 Å². The first-order valence-corrected chi connectivity index (χ1v) is 8.89. The Kier molecular flexibility index (Phi) is 4.22. The topological polar surface area (TPSA) is 46.6 Å². The molecule has 3 aromatic carbocycles. The van der Waals surface area contributed by atoms with E-state index in [2.05, 4.69) is 0 Å². The number of rotatable bonds is 3. The third-order valence-electron chi connectivity index (χ3n) is 4.23. The molecule has 4 rings (SSSR count). The van der Waals surface area contributed by atoms with Crippen LogP contribution in [-0.4, -0.2) is 18.3 Å². The van der Waals surface area contributed by atoms with Gasteiger partial charge in [0.25, 0.3) is 11.1 Å². The molecule has 0 bridgehead atoms. The molecule has 26 heavy (non-hydrogen) atoms. The summed E-state index contributed by atoms with van der Waals surface area (Å²) in [6, 6.07) is 20.7. The molecule has 1 fully saturated rings. The molecule has 0 aliphatic carbocycles. The van der Waals surface area contributed by atoms with E-state index in [-0.39, 0.29) is 11.1 Å². The van der Waals surface area contributed by atoms with Crippen LogP contribution >= 0.6 is 11.8 Å². The summed E-state index contributed by atoms with van der Waals surface area (Å²) in [6.07, 6.45) is 1.75. The summed E-state index contributed by atoms with van der Waals surface area (Å²) in [5.74, 6) is 0.344. The number of ether oxygens (including phenoxy) is 1. The Morgan fingerprint density at radius 1 is 0.923 bits per heavy atom. The van der Waals surface area contributed by atoms with Crippen molar-refractivity contribution in [2.75, 3.05) is 12.0 Å². The summed E-state index contributed by atoms with van der Waals surface area (Å²) in [6.45, 7) is 0. The molecule has 128 valence electrons. The summed E-state index contributed by atoms with van der Waals surface area (Å²) < 4.78 is 5.47. The second-order valence-corrected chi connectivity index (χ2v) is 6.75. The smallest absolute Gasteiger partial charge is 0.298 e. The Bertz CT molecular complexity index is 1040. The summed E-state index contributed by atoms with van der Waals surface area (Å²) in [7, 11) is 1.59. The molecule has 5 heteroatoms. The SMILES string of the molecule is COc1ccc2ccccc2c1C=C1SC(=O)N(c2ccccc2)C1=O. The molecule has 3 aromatic rings. The Hall–Kier alpha value is -3.05. The zero-order valence-corrected chi connectivity index (χ0v) is 14.8. The molecule has 1 aliphatic rings. The van der Waals surface area contributed by atoms with Crippen molar-refractivity contribution in [2.45, 2.75) is 0 Å². The summed E-state index contributed by atoms with van der Waals surface area (Å²) in [4.78, 5) is 26.8.